The molecule has 0 spiro atoms. The van der Waals surface area contributed by atoms with Crippen LogP contribution in [0.2, 0.25) is 0 Å². The molecule has 5 heteroatoms. The Hall–Kier alpha value is -1.75. The first-order valence-corrected chi connectivity index (χ1v) is 11.5. The highest BCUT2D eigenvalue weighted by molar-refractivity contribution is 5.88. The van der Waals surface area contributed by atoms with Gasteiger partial charge in [0.15, 0.2) is 0 Å². The second-order valence-corrected chi connectivity index (χ2v) is 10.2. The molecular formula is C25H32FNO3. The van der Waals surface area contributed by atoms with Crippen LogP contribution in [0.25, 0.3) is 0 Å². The third-order valence-corrected chi connectivity index (χ3v) is 8.85. The molecule has 1 aromatic carbocycles. The van der Waals surface area contributed by atoms with Gasteiger partial charge in [-0.2, -0.15) is 0 Å². The summed E-state index contributed by atoms with van der Waals surface area (Å²) in [6, 6.07) is 5.71. The van der Waals surface area contributed by atoms with E-state index in [1.54, 1.807) is 6.07 Å². The number of Topliss-reactive ketones (excluding diaryl/α,β-unsaturated/α-hetero) is 1. The minimum Gasteiger partial charge on any atom is -0.377 e. The first-order chi connectivity index (χ1) is 14.4. The van der Waals surface area contributed by atoms with E-state index in [0.717, 1.165) is 37.7 Å². The van der Waals surface area contributed by atoms with Crippen molar-refractivity contribution in [2.24, 2.45) is 23.2 Å². The van der Waals surface area contributed by atoms with Crippen LogP contribution in [0.15, 0.2) is 18.2 Å². The van der Waals surface area contributed by atoms with Gasteiger partial charge in [-0.1, -0.05) is 19.1 Å². The Morgan fingerprint density at radius 3 is 2.83 bits per heavy atom. The van der Waals surface area contributed by atoms with Crippen LogP contribution in [0.1, 0.15) is 62.5 Å². The average molecular weight is 414 g/mol. The number of ketones is 1. The third kappa shape index (κ3) is 3.04. The molecule has 0 radical (unpaired) electrons. The van der Waals surface area contributed by atoms with Crippen molar-refractivity contribution < 1.29 is 18.7 Å². The number of hydrogen-bond acceptors (Lipinski definition) is 3. The van der Waals surface area contributed by atoms with E-state index in [-0.39, 0.29) is 29.1 Å². The quantitative estimate of drug-likeness (QED) is 0.746. The number of benzene rings is 1. The number of carbonyl (C=O) groups excluding carboxylic acids is 2. The van der Waals surface area contributed by atoms with Crippen molar-refractivity contribution in [2.45, 2.75) is 63.8 Å². The summed E-state index contributed by atoms with van der Waals surface area (Å²) in [6.45, 7) is 3.42. The monoisotopic (exact) mass is 413 g/mol. The Labute approximate surface area is 178 Å². The SMILES string of the molecule is CN(C(=O)CCC1CC(=O)[C@@]2(C)CCC3c4cccc(F)c4CCC3C12)C1COC1. The minimum atomic E-state index is -0.270. The van der Waals surface area contributed by atoms with Gasteiger partial charge < -0.3 is 9.64 Å². The number of likely N-dealkylation sites (N-methyl/N-ethyl adjacent to an activating group) is 1. The van der Waals surface area contributed by atoms with Crippen molar-refractivity contribution in [1.82, 2.24) is 4.90 Å². The van der Waals surface area contributed by atoms with Gasteiger partial charge in [-0.25, -0.2) is 4.39 Å². The maximum atomic E-state index is 14.4. The summed E-state index contributed by atoms with van der Waals surface area (Å²) in [7, 11) is 1.86. The molecule has 3 aliphatic carbocycles. The lowest BCUT2D eigenvalue weighted by molar-refractivity contribution is -0.142. The molecular weight excluding hydrogens is 381 g/mol. The maximum Gasteiger partial charge on any atom is 0.222 e. The van der Waals surface area contributed by atoms with E-state index in [2.05, 4.69) is 13.0 Å². The average Bonchev–Trinajstić information content (AvgIpc) is 2.95. The number of ether oxygens (including phenoxy) is 1. The Morgan fingerprint density at radius 2 is 2.10 bits per heavy atom. The fourth-order valence-corrected chi connectivity index (χ4v) is 7.03. The van der Waals surface area contributed by atoms with E-state index in [1.807, 2.05) is 18.0 Å². The van der Waals surface area contributed by atoms with Gasteiger partial charge in [0, 0.05) is 25.3 Å². The zero-order chi connectivity index (χ0) is 21.0. The molecule has 1 aromatic rings. The molecule has 5 atom stereocenters. The van der Waals surface area contributed by atoms with Gasteiger partial charge in [-0.15, -0.1) is 0 Å². The van der Waals surface area contributed by atoms with Crippen molar-refractivity contribution in [1.29, 1.82) is 0 Å². The van der Waals surface area contributed by atoms with Crippen molar-refractivity contribution in [2.75, 3.05) is 20.3 Å². The molecule has 5 rings (SSSR count). The van der Waals surface area contributed by atoms with Gasteiger partial charge in [0.25, 0.3) is 0 Å². The molecule has 0 bridgehead atoms. The molecule has 3 fully saturated rings. The molecule has 1 heterocycles. The molecule has 30 heavy (non-hydrogen) atoms. The minimum absolute atomic E-state index is 0.0769. The van der Waals surface area contributed by atoms with Gasteiger partial charge in [0.05, 0.1) is 19.3 Å². The van der Waals surface area contributed by atoms with Crippen LogP contribution in [0.4, 0.5) is 4.39 Å². The molecule has 0 N–H and O–H groups in total. The number of nitrogens with zero attached hydrogens (tertiary/aromatic N) is 1. The van der Waals surface area contributed by atoms with Crippen molar-refractivity contribution >= 4 is 11.7 Å². The Balaban J connectivity index is 1.36. The second-order valence-electron chi connectivity index (χ2n) is 10.2. The van der Waals surface area contributed by atoms with Crippen LogP contribution in [-0.4, -0.2) is 42.9 Å². The summed E-state index contributed by atoms with van der Waals surface area (Å²) in [5, 5.41) is 0. The number of carbonyl (C=O) groups is 2. The molecule has 2 saturated carbocycles. The lowest BCUT2D eigenvalue weighted by Crippen LogP contribution is -2.49. The number of fused-ring (bicyclic) bond motifs is 5. The van der Waals surface area contributed by atoms with Crippen LogP contribution in [-0.2, 0) is 20.7 Å². The Bertz CT molecular complexity index is 866. The second kappa shape index (κ2) is 7.44. The smallest absolute Gasteiger partial charge is 0.222 e. The van der Waals surface area contributed by atoms with Crippen molar-refractivity contribution in [3.63, 3.8) is 0 Å². The maximum absolute atomic E-state index is 14.4. The van der Waals surface area contributed by atoms with Gasteiger partial charge in [-0.05, 0) is 73.0 Å². The topological polar surface area (TPSA) is 46.6 Å². The van der Waals surface area contributed by atoms with E-state index >= 15 is 0 Å². The van der Waals surface area contributed by atoms with E-state index in [0.29, 0.717) is 49.6 Å². The van der Waals surface area contributed by atoms with Crippen LogP contribution in [0.3, 0.4) is 0 Å². The predicted molar refractivity (Wildman–Crippen MR) is 112 cm³/mol. The number of amides is 1. The third-order valence-electron chi connectivity index (χ3n) is 8.85. The van der Waals surface area contributed by atoms with Crippen molar-refractivity contribution in [3.05, 3.63) is 35.1 Å². The molecule has 4 unspecified atom stereocenters. The first kappa shape index (κ1) is 20.2. The van der Waals surface area contributed by atoms with Crippen molar-refractivity contribution in [3.8, 4) is 0 Å². The van der Waals surface area contributed by atoms with E-state index in [9.17, 15) is 14.0 Å². The van der Waals surface area contributed by atoms with Gasteiger partial charge >= 0.3 is 0 Å². The highest BCUT2D eigenvalue weighted by Crippen LogP contribution is 2.62. The fraction of sp³-hybridized carbons (Fsp3) is 0.680. The summed E-state index contributed by atoms with van der Waals surface area (Å²) in [5.41, 5.74) is 1.79. The van der Waals surface area contributed by atoms with Crippen LogP contribution in [0.5, 0.6) is 0 Å². The van der Waals surface area contributed by atoms with Crippen LogP contribution in [0, 0.1) is 29.0 Å². The lowest BCUT2D eigenvalue weighted by atomic mass is 9.54. The molecule has 1 amide bonds. The zero-order valence-corrected chi connectivity index (χ0v) is 18.0. The Morgan fingerprint density at radius 1 is 1.30 bits per heavy atom. The molecule has 0 aromatic heterocycles. The van der Waals surface area contributed by atoms with Gasteiger partial charge in [0.2, 0.25) is 5.91 Å². The summed E-state index contributed by atoms with van der Waals surface area (Å²) < 4.78 is 19.6. The number of halogens is 1. The largest absolute Gasteiger partial charge is 0.377 e. The molecule has 1 saturated heterocycles. The summed E-state index contributed by atoms with van der Waals surface area (Å²) in [6.07, 6.45) is 5.45. The van der Waals surface area contributed by atoms with Crippen LogP contribution >= 0.6 is 0 Å². The fourth-order valence-electron chi connectivity index (χ4n) is 7.03. The number of rotatable bonds is 4. The highest BCUT2D eigenvalue weighted by Gasteiger charge is 2.58. The molecule has 4 nitrogen and oxygen atoms in total. The lowest BCUT2D eigenvalue weighted by Gasteiger charge is -2.50. The summed E-state index contributed by atoms with van der Waals surface area (Å²) in [4.78, 5) is 27.6. The van der Waals surface area contributed by atoms with E-state index in [4.69, 9.17) is 4.74 Å². The predicted octanol–water partition coefficient (Wildman–Crippen LogP) is 4.11. The summed E-state index contributed by atoms with van der Waals surface area (Å²) in [5.74, 6) is 1.81. The van der Waals surface area contributed by atoms with E-state index in [1.165, 1.54) is 5.56 Å². The molecule has 1 aliphatic heterocycles. The highest BCUT2D eigenvalue weighted by atomic mass is 19.1. The summed E-state index contributed by atoms with van der Waals surface area (Å²) >= 11 is 0. The molecule has 4 aliphatic rings. The number of hydrogen-bond donors (Lipinski definition) is 0. The van der Waals surface area contributed by atoms with Gasteiger partial charge in [-0.3, -0.25) is 9.59 Å². The zero-order valence-electron chi connectivity index (χ0n) is 18.0. The van der Waals surface area contributed by atoms with E-state index < -0.39 is 0 Å². The van der Waals surface area contributed by atoms with Crippen LogP contribution < -0.4 is 0 Å². The molecule has 162 valence electrons. The Kier molecular flexibility index (Phi) is 5.00. The van der Waals surface area contributed by atoms with Gasteiger partial charge in [0.1, 0.15) is 11.6 Å². The first-order valence-electron chi connectivity index (χ1n) is 11.5. The normalized spacial score (nSPS) is 35.2. The standard InChI is InChI=1S/C25H32FNO3/c1-25-11-10-18-17-4-3-5-21(26)19(17)7-8-20(18)24(25)15(12-22(25)28)6-9-23(29)27(2)16-13-30-14-16/h3-5,15-16,18,20,24H,6-14H2,1-2H3/t15?,18?,20?,24?,25-/m1/s1.